The Morgan fingerprint density at radius 2 is 2.29 bits per heavy atom. The van der Waals surface area contributed by atoms with Crippen LogP contribution in [0, 0.1) is 6.92 Å². The van der Waals surface area contributed by atoms with E-state index in [2.05, 4.69) is 9.71 Å². The normalized spacial score (nSPS) is 18.0. The van der Waals surface area contributed by atoms with E-state index in [1.165, 1.54) is 18.4 Å². The molecule has 0 spiro atoms. The Kier molecular flexibility index (Phi) is 5.19. The molecule has 2 aromatic rings. The molecule has 1 atom stereocenters. The Bertz CT molecular complexity index is 811. The summed E-state index contributed by atoms with van der Waals surface area (Å²) in [5.41, 5.74) is 1.51. The highest BCUT2D eigenvalue weighted by molar-refractivity contribution is 7.89. The minimum atomic E-state index is -3.69. The molecule has 1 aromatic heterocycles. The fraction of sp³-hybridized carbons (Fsp3) is 0.438. The van der Waals surface area contributed by atoms with Gasteiger partial charge in [0, 0.05) is 24.1 Å². The molecule has 6 nitrogen and oxygen atoms in total. The minimum Gasteiger partial charge on any atom is -0.495 e. The van der Waals surface area contributed by atoms with Gasteiger partial charge in [0.1, 0.15) is 10.6 Å². The molecule has 24 heavy (non-hydrogen) atoms. The predicted octanol–water partition coefficient (Wildman–Crippen LogP) is 2.58. The van der Waals surface area contributed by atoms with Gasteiger partial charge < -0.3 is 9.47 Å². The van der Waals surface area contributed by atoms with Crippen molar-refractivity contribution in [2.45, 2.75) is 30.8 Å². The van der Waals surface area contributed by atoms with Crippen molar-refractivity contribution in [2.24, 2.45) is 0 Å². The van der Waals surface area contributed by atoms with Gasteiger partial charge in [0.25, 0.3) is 0 Å². The van der Waals surface area contributed by atoms with Crippen LogP contribution in [0.4, 0.5) is 0 Å². The second-order valence-electron chi connectivity index (χ2n) is 5.60. The molecule has 1 unspecified atom stereocenters. The molecule has 1 N–H and O–H groups in total. The number of hydrogen-bond acceptors (Lipinski definition) is 6. The summed E-state index contributed by atoms with van der Waals surface area (Å²) >= 11 is 1.53. The highest BCUT2D eigenvalue weighted by atomic mass is 32.2. The number of thiazole rings is 1. The number of ether oxygens (including phenoxy) is 2. The number of hydrogen-bond donors (Lipinski definition) is 1. The van der Waals surface area contributed by atoms with E-state index < -0.39 is 10.0 Å². The van der Waals surface area contributed by atoms with E-state index in [1.54, 1.807) is 12.1 Å². The number of nitrogens with one attached hydrogen (secondary N) is 1. The van der Waals surface area contributed by atoms with Gasteiger partial charge >= 0.3 is 0 Å². The zero-order valence-corrected chi connectivity index (χ0v) is 15.2. The lowest BCUT2D eigenvalue weighted by Crippen LogP contribution is -2.32. The van der Waals surface area contributed by atoms with Crippen LogP contribution in [0.1, 0.15) is 17.8 Å². The highest BCUT2D eigenvalue weighted by Crippen LogP contribution is 2.30. The van der Waals surface area contributed by atoms with Crippen molar-refractivity contribution >= 4 is 21.4 Å². The number of rotatable bonds is 6. The lowest BCUT2D eigenvalue weighted by molar-refractivity contribution is 0.114. The zero-order chi connectivity index (χ0) is 17.2. The smallest absolute Gasteiger partial charge is 0.244 e. The summed E-state index contributed by atoms with van der Waals surface area (Å²) in [5.74, 6) is 0.311. The second kappa shape index (κ2) is 7.18. The molecule has 2 heterocycles. The monoisotopic (exact) mass is 368 g/mol. The zero-order valence-electron chi connectivity index (χ0n) is 13.6. The maximum Gasteiger partial charge on any atom is 0.244 e. The van der Waals surface area contributed by atoms with Crippen LogP contribution in [0.5, 0.6) is 5.75 Å². The summed E-state index contributed by atoms with van der Waals surface area (Å²) in [4.78, 5) is 4.53. The average Bonchev–Trinajstić information content (AvgIpc) is 3.24. The van der Waals surface area contributed by atoms with Crippen molar-refractivity contribution in [3.8, 4) is 17.0 Å². The molecule has 1 aromatic carbocycles. The van der Waals surface area contributed by atoms with Crippen molar-refractivity contribution in [1.29, 1.82) is 0 Å². The van der Waals surface area contributed by atoms with Crippen LogP contribution < -0.4 is 9.46 Å². The Morgan fingerprint density at radius 1 is 1.46 bits per heavy atom. The van der Waals surface area contributed by atoms with Gasteiger partial charge in [-0.3, -0.25) is 0 Å². The van der Waals surface area contributed by atoms with Crippen LogP contribution in [-0.4, -0.2) is 39.8 Å². The molecular weight excluding hydrogens is 348 g/mol. The molecule has 0 bridgehead atoms. The lowest BCUT2D eigenvalue weighted by Gasteiger charge is -2.14. The quantitative estimate of drug-likeness (QED) is 0.848. The van der Waals surface area contributed by atoms with E-state index in [-0.39, 0.29) is 17.5 Å². The Labute approximate surface area is 145 Å². The minimum absolute atomic E-state index is 0.0601. The molecule has 8 heteroatoms. The lowest BCUT2D eigenvalue weighted by atomic mass is 10.2. The van der Waals surface area contributed by atoms with Crippen molar-refractivity contribution in [3.05, 3.63) is 28.6 Å². The molecule has 0 amide bonds. The van der Waals surface area contributed by atoms with Gasteiger partial charge in [-0.25, -0.2) is 18.1 Å². The van der Waals surface area contributed by atoms with Crippen LogP contribution in [0.25, 0.3) is 11.3 Å². The molecule has 1 aliphatic heterocycles. The highest BCUT2D eigenvalue weighted by Gasteiger charge is 2.24. The number of methoxy groups -OCH3 is 1. The van der Waals surface area contributed by atoms with Crippen LogP contribution in [0.3, 0.4) is 0 Å². The molecule has 3 rings (SSSR count). The van der Waals surface area contributed by atoms with Crippen molar-refractivity contribution in [3.63, 3.8) is 0 Å². The summed E-state index contributed by atoms with van der Waals surface area (Å²) in [7, 11) is -2.23. The number of aromatic nitrogens is 1. The fourth-order valence-electron chi connectivity index (χ4n) is 2.63. The van der Waals surface area contributed by atoms with E-state index in [4.69, 9.17) is 9.47 Å². The molecule has 1 aliphatic rings. The van der Waals surface area contributed by atoms with Crippen LogP contribution in [0.2, 0.25) is 0 Å². The first-order valence-electron chi connectivity index (χ1n) is 7.71. The van der Waals surface area contributed by atoms with Crippen molar-refractivity contribution in [2.75, 3.05) is 20.3 Å². The van der Waals surface area contributed by atoms with Gasteiger partial charge in [-0.05, 0) is 38.0 Å². The molecule has 130 valence electrons. The maximum atomic E-state index is 12.7. The van der Waals surface area contributed by atoms with E-state index in [0.717, 1.165) is 29.1 Å². The topological polar surface area (TPSA) is 77.5 Å². The van der Waals surface area contributed by atoms with Crippen LogP contribution in [-0.2, 0) is 14.8 Å². The molecular formula is C16H20N2O4S2. The number of benzene rings is 1. The van der Waals surface area contributed by atoms with Crippen LogP contribution >= 0.6 is 11.3 Å². The van der Waals surface area contributed by atoms with Crippen LogP contribution in [0.15, 0.2) is 28.5 Å². The molecule has 0 radical (unpaired) electrons. The summed E-state index contributed by atoms with van der Waals surface area (Å²) < 4.78 is 38.7. The maximum absolute atomic E-state index is 12.7. The van der Waals surface area contributed by atoms with E-state index in [1.807, 2.05) is 18.4 Å². The predicted molar refractivity (Wildman–Crippen MR) is 93.0 cm³/mol. The first-order valence-corrected chi connectivity index (χ1v) is 10.1. The third kappa shape index (κ3) is 3.77. The number of sulfonamides is 1. The van der Waals surface area contributed by atoms with Gasteiger partial charge in [-0.15, -0.1) is 11.3 Å². The van der Waals surface area contributed by atoms with Crippen molar-refractivity contribution < 1.29 is 17.9 Å². The van der Waals surface area contributed by atoms with Crippen molar-refractivity contribution in [1.82, 2.24) is 9.71 Å². The standard InChI is InChI=1S/C16H20N2O4S2/c1-11-18-14(10-23-11)12-5-6-15(21-2)16(8-12)24(19,20)17-9-13-4-3-7-22-13/h5-6,8,10,13,17H,3-4,7,9H2,1-2H3. The van der Waals surface area contributed by atoms with E-state index in [9.17, 15) is 8.42 Å². The largest absolute Gasteiger partial charge is 0.495 e. The van der Waals surface area contributed by atoms with Gasteiger partial charge in [0.15, 0.2) is 0 Å². The SMILES string of the molecule is COc1ccc(-c2csc(C)n2)cc1S(=O)(=O)NCC1CCCO1. The molecule has 1 fully saturated rings. The second-order valence-corrected chi connectivity index (χ2v) is 8.40. The molecule has 0 aliphatic carbocycles. The molecule has 1 saturated heterocycles. The fourth-order valence-corrected chi connectivity index (χ4v) is 4.51. The van der Waals surface area contributed by atoms with Gasteiger partial charge in [0.2, 0.25) is 10.0 Å². The third-order valence-electron chi connectivity index (χ3n) is 3.89. The summed E-state index contributed by atoms with van der Waals surface area (Å²) in [6, 6.07) is 5.07. The number of aryl methyl sites for hydroxylation is 1. The molecule has 0 saturated carbocycles. The van der Waals surface area contributed by atoms with Gasteiger partial charge in [-0.2, -0.15) is 0 Å². The Balaban J connectivity index is 1.89. The first-order chi connectivity index (χ1) is 11.5. The average molecular weight is 368 g/mol. The van der Waals surface area contributed by atoms with E-state index in [0.29, 0.717) is 12.4 Å². The third-order valence-corrected chi connectivity index (χ3v) is 6.11. The number of nitrogens with zero attached hydrogens (tertiary/aromatic N) is 1. The summed E-state index contributed by atoms with van der Waals surface area (Å²) in [5, 5.41) is 2.84. The van der Waals surface area contributed by atoms with Gasteiger partial charge in [-0.1, -0.05) is 0 Å². The summed E-state index contributed by atoms with van der Waals surface area (Å²) in [6.07, 6.45) is 1.78. The summed E-state index contributed by atoms with van der Waals surface area (Å²) in [6.45, 7) is 2.87. The first kappa shape index (κ1) is 17.3. The van der Waals surface area contributed by atoms with Gasteiger partial charge in [0.05, 0.1) is 23.9 Å². The van der Waals surface area contributed by atoms with E-state index >= 15 is 0 Å². The Hall–Kier alpha value is -1.48. The Morgan fingerprint density at radius 3 is 2.92 bits per heavy atom.